The highest BCUT2D eigenvalue weighted by Crippen LogP contribution is 2.24. The molecule has 0 aliphatic heterocycles. The lowest BCUT2D eigenvalue weighted by Crippen LogP contribution is -1.90. The summed E-state index contributed by atoms with van der Waals surface area (Å²) in [7, 11) is 0. The van der Waals surface area contributed by atoms with Gasteiger partial charge in [0, 0.05) is 6.92 Å². The minimum atomic E-state index is -0.479. The van der Waals surface area contributed by atoms with Crippen LogP contribution in [0.1, 0.15) is 28.1 Å². The molecule has 2 rings (SSSR count). The zero-order chi connectivity index (χ0) is 14.0. The number of rotatable bonds is 3. The molecule has 5 nitrogen and oxygen atoms in total. The Labute approximate surface area is 110 Å². The van der Waals surface area contributed by atoms with Gasteiger partial charge in [0.15, 0.2) is 5.69 Å². The van der Waals surface area contributed by atoms with Crippen LogP contribution in [-0.2, 0) is 0 Å². The van der Waals surface area contributed by atoms with Crippen molar-refractivity contribution in [2.75, 3.05) is 0 Å². The van der Waals surface area contributed by atoms with Crippen molar-refractivity contribution in [1.29, 1.82) is 0 Å². The zero-order valence-corrected chi connectivity index (χ0v) is 11.0. The first-order valence-electron chi connectivity index (χ1n) is 5.85. The molecule has 0 saturated carbocycles. The fraction of sp³-hybridized carbons (Fsp3) is 0.214. The van der Waals surface area contributed by atoms with Gasteiger partial charge in [0.1, 0.15) is 0 Å². The molecule has 0 amide bonds. The molecule has 2 aromatic rings. The Morgan fingerprint density at radius 1 is 1.26 bits per heavy atom. The van der Waals surface area contributed by atoms with Gasteiger partial charge in [-0.1, -0.05) is 35.0 Å². The molecule has 0 unspecified atom stereocenters. The van der Waals surface area contributed by atoms with Crippen molar-refractivity contribution in [1.82, 2.24) is 5.16 Å². The predicted octanol–water partition coefficient (Wildman–Crippen LogP) is 3.68. The summed E-state index contributed by atoms with van der Waals surface area (Å²) in [5.41, 5.74) is 3.45. The molecule has 1 aromatic carbocycles. The SMILES string of the molecule is Cc1ccc(C=Cc2noc(C)c2[N+](=O)[O-])c(C)c1. The molecule has 0 fully saturated rings. The number of benzene rings is 1. The molecular weight excluding hydrogens is 244 g/mol. The highest BCUT2D eigenvalue weighted by atomic mass is 16.6. The van der Waals surface area contributed by atoms with E-state index in [-0.39, 0.29) is 17.1 Å². The molecule has 0 atom stereocenters. The van der Waals surface area contributed by atoms with E-state index in [9.17, 15) is 10.1 Å². The minimum absolute atomic E-state index is 0.0824. The van der Waals surface area contributed by atoms with Crippen LogP contribution < -0.4 is 0 Å². The van der Waals surface area contributed by atoms with Gasteiger partial charge >= 0.3 is 5.69 Å². The van der Waals surface area contributed by atoms with Crippen molar-refractivity contribution in [2.45, 2.75) is 20.8 Å². The second-order valence-corrected chi connectivity index (χ2v) is 4.42. The van der Waals surface area contributed by atoms with Gasteiger partial charge in [-0.2, -0.15) is 0 Å². The van der Waals surface area contributed by atoms with E-state index in [2.05, 4.69) is 11.2 Å². The number of nitrogens with zero attached hydrogens (tertiary/aromatic N) is 2. The van der Waals surface area contributed by atoms with Crippen molar-refractivity contribution < 1.29 is 9.45 Å². The summed E-state index contributed by atoms with van der Waals surface area (Å²) < 4.78 is 4.85. The number of aromatic nitrogens is 1. The molecule has 5 heteroatoms. The van der Waals surface area contributed by atoms with Crippen LogP contribution in [0.4, 0.5) is 5.69 Å². The van der Waals surface area contributed by atoms with Gasteiger partial charge in [-0.3, -0.25) is 10.1 Å². The Hall–Kier alpha value is -2.43. The predicted molar refractivity (Wildman–Crippen MR) is 72.7 cm³/mol. The van der Waals surface area contributed by atoms with E-state index in [1.807, 2.05) is 26.0 Å². The fourth-order valence-electron chi connectivity index (χ4n) is 1.90. The lowest BCUT2D eigenvalue weighted by Gasteiger charge is -2.00. The third-order valence-electron chi connectivity index (χ3n) is 2.89. The lowest BCUT2D eigenvalue weighted by molar-refractivity contribution is -0.386. The van der Waals surface area contributed by atoms with Crippen molar-refractivity contribution >= 4 is 17.8 Å². The average molecular weight is 258 g/mol. The van der Waals surface area contributed by atoms with Gasteiger partial charge in [0.2, 0.25) is 5.76 Å². The Morgan fingerprint density at radius 2 is 2.00 bits per heavy atom. The Bertz CT molecular complexity index is 657. The van der Waals surface area contributed by atoms with E-state index >= 15 is 0 Å². The second-order valence-electron chi connectivity index (χ2n) is 4.42. The lowest BCUT2D eigenvalue weighted by atomic mass is 10.1. The first-order chi connectivity index (χ1) is 8.99. The summed E-state index contributed by atoms with van der Waals surface area (Å²) in [6.45, 7) is 5.54. The van der Waals surface area contributed by atoms with E-state index in [1.165, 1.54) is 12.5 Å². The van der Waals surface area contributed by atoms with Gasteiger partial charge in [-0.05, 0) is 31.1 Å². The van der Waals surface area contributed by atoms with Gasteiger partial charge in [0.25, 0.3) is 0 Å². The molecule has 0 bridgehead atoms. The van der Waals surface area contributed by atoms with E-state index in [1.54, 1.807) is 12.2 Å². The van der Waals surface area contributed by atoms with Crippen molar-refractivity contribution in [2.24, 2.45) is 0 Å². The molecule has 19 heavy (non-hydrogen) atoms. The fourth-order valence-corrected chi connectivity index (χ4v) is 1.90. The molecule has 0 saturated heterocycles. The molecular formula is C14H14N2O3. The summed E-state index contributed by atoms with van der Waals surface area (Å²) >= 11 is 0. The summed E-state index contributed by atoms with van der Waals surface area (Å²) in [5, 5.41) is 14.6. The monoisotopic (exact) mass is 258 g/mol. The van der Waals surface area contributed by atoms with E-state index in [0.29, 0.717) is 0 Å². The smallest absolute Gasteiger partial charge is 0.338 e. The summed E-state index contributed by atoms with van der Waals surface area (Å²) in [6.07, 6.45) is 3.41. The maximum Gasteiger partial charge on any atom is 0.338 e. The number of nitro groups is 1. The van der Waals surface area contributed by atoms with Crippen molar-refractivity contribution in [3.63, 3.8) is 0 Å². The highest BCUT2D eigenvalue weighted by Gasteiger charge is 2.21. The third kappa shape index (κ3) is 2.70. The Kier molecular flexibility index (Phi) is 3.46. The van der Waals surface area contributed by atoms with Crippen LogP contribution in [0, 0.1) is 30.9 Å². The Morgan fingerprint density at radius 3 is 2.63 bits per heavy atom. The van der Waals surface area contributed by atoms with Crippen LogP contribution in [0.2, 0.25) is 0 Å². The number of hydrogen-bond acceptors (Lipinski definition) is 4. The van der Waals surface area contributed by atoms with E-state index < -0.39 is 4.92 Å². The normalized spacial score (nSPS) is 11.1. The van der Waals surface area contributed by atoms with Crippen LogP contribution in [0.3, 0.4) is 0 Å². The molecule has 0 radical (unpaired) electrons. The van der Waals surface area contributed by atoms with Gasteiger partial charge in [-0.15, -0.1) is 0 Å². The van der Waals surface area contributed by atoms with Crippen LogP contribution in [0.5, 0.6) is 0 Å². The Balaban J connectivity index is 2.35. The van der Waals surface area contributed by atoms with Crippen LogP contribution in [0.25, 0.3) is 12.2 Å². The number of aryl methyl sites for hydroxylation is 3. The second kappa shape index (κ2) is 5.06. The zero-order valence-electron chi connectivity index (χ0n) is 11.0. The summed E-state index contributed by atoms with van der Waals surface area (Å²) in [4.78, 5) is 10.4. The van der Waals surface area contributed by atoms with Crippen LogP contribution in [-0.4, -0.2) is 10.1 Å². The van der Waals surface area contributed by atoms with Gasteiger partial charge in [-0.25, -0.2) is 0 Å². The van der Waals surface area contributed by atoms with Crippen LogP contribution in [0.15, 0.2) is 22.7 Å². The van der Waals surface area contributed by atoms with Gasteiger partial charge in [0.05, 0.1) is 4.92 Å². The molecule has 1 heterocycles. The minimum Gasteiger partial charge on any atom is -0.354 e. The summed E-state index contributed by atoms with van der Waals surface area (Å²) in [6, 6.07) is 6.03. The molecule has 0 spiro atoms. The molecule has 0 N–H and O–H groups in total. The summed E-state index contributed by atoms with van der Waals surface area (Å²) in [5.74, 6) is 0.213. The van der Waals surface area contributed by atoms with E-state index in [0.717, 1.165) is 11.1 Å². The third-order valence-corrected chi connectivity index (χ3v) is 2.89. The maximum absolute atomic E-state index is 10.9. The number of hydrogen-bond donors (Lipinski definition) is 0. The standard InChI is InChI=1S/C14H14N2O3/c1-9-4-5-12(10(2)8-9)6-7-13-14(16(17)18)11(3)19-15-13/h4-8H,1-3H3. The largest absolute Gasteiger partial charge is 0.354 e. The first kappa shape index (κ1) is 13.0. The topological polar surface area (TPSA) is 69.2 Å². The molecule has 0 aliphatic rings. The highest BCUT2D eigenvalue weighted by molar-refractivity contribution is 5.73. The quantitative estimate of drug-likeness (QED) is 0.622. The van der Waals surface area contributed by atoms with E-state index in [4.69, 9.17) is 4.52 Å². The van der Waals surface area contributed by atoms with Crippen molar-refractivity contribution in [3.8, 4) is 0 Å². The molecule has 98 valence electrons. The first-order valence-corrected chi connectivity index (χ1v) is 5.85. The molecule has 0 aliphatic carbocycles. The molecule has 1 aromatic heterocycles. The van der Waals surface area contributed by atoms with Gasteiger partial charge < -0.3 is 4.52 Å². The van der Waals surface area contributed by atoms with Crippen LogP contribution >= 0.6 is 0 Å². The van der Waals surface area contributed by atoms with Crippen molar-refractivity contribution in [3.05, 3.63) is 56.5 Å². The maximum atomic E-state index is 10.9. The average Bonchev–Trinajstić information content (AvgIpc) is 2.69.